The maximum absolute atomic E-state index is 12.9. The molecule has 0 bridgehead atoms. The Morgan fingerprint density at radius 3 is 2.41 bits per heavy atom. The molecule has 1 N–H and O–H groups in total. The van der Waals surface area contributed by atoms with Crippen LogP contribution in [0.3, 0.4) is 0 Å². The van der Waals surface area contributed by atoms with E-state index in [2.05, 4.69) is 10.2 Å². The van der Waals surface area contributed by atoms with E-state index in [1.807, 2.05) is 36.4 Å². The largest absolute Gasteiger partial charge is 0.335 e. The van der Waals surface area contributed by atoms with Crippen molar-refractivity contribution in [2.45, 2.75) is 63.4 Å². The standard InChI is InChI=1S/C24H38N6O3S/c1-4-30(5-2)34(32,33)20-11-12-22-21(17-20)26-23(27(22)3)18-28-13-15-29(16-14-28)24(31)25-19-9-7-6-8-10-19/h11-12,17,19H,4-10,13-16,18H2,1-3H3,(H,25,31). The van der Waals surface area contributed by atoms with Crippen molar-refractivity contribution in [1.82, 2.24) is 29.0 Å². The van der Waals surface area contributed by atoms with Crippen molar-refractivity contribution in [2.24, 2.45) is 7.05 Å². The molecule has 2 fully saturated rings. The zero-order valence-electron chi connectivity index (χ0n) is 20.7. The van der Waals surface area contributed by atoms with Crippen LogP contribution in [0.25, 0.3) is 11.0 Å². The molecule has 1 aromatic carbocycles. The summed E-state index contributed by atoms with van der Waals surface area (Å²) in [6.07, 6.45) is 5.88. The normalized spacial score (nSPS) is 18.6. The van der Waals surface area contributed by atoms with E-state index in [-0.39, 0.29) is 10.9 Å². The number of imidazole rings is 1. The van der Waals surface area contributed by atoms with E-state index >= 15 is 0 Å². The van der Waals surface area contributed by atoms with Crippen molar-refractivity contribution in [2.75, 3.05) is 39.3 Å². The van der Waals surface area contributed by atoms with Gasteiger partial charge in [0.25, 0.3) is 0 Å². The highest BCUT2D eigenvalue weighted by molar-refractivity contribution is 7.89. The Labute approximate surface area is 203 Å². The van der Waals surface area contributed by atoms with Gasteiger partial charge in [-0.25, -0.2) is 18.2 Å². The third-order valence-corrected chi connectivity index (χ3v) is 9.29. The minimum absolute atomic E-state index is 0.0659. The highest BCUT2D eigenvalue weighted by atomic mass is 32.2. The molecule has 2 heterocycles. The van der Waals surface area contributed by atoms with Crippen LogP contribution < -0.4 is 5.32 Å². The maximum atomic E-state index is 12.9. The lowest BCUT2D eigenvalue weighted by Gasteiger charge is -2.35. The number of carbonyl (C=O) groups is 1. The van der Waals surface area contributed by atoms with Crippen LogP contribution in [0.5, 0.6) is 0 Å². The van der Waals surface area contributed by atoms with Crippen LogP contribution in [-0.2, 0) is 23.6 Å². The van der Waals surface area contributed by atoms with E-state index in [0.29, 0.717) is 44.3 Å². The van der Waals surface area contributed by atoms with Gasteiger partial charge in [-0.3, -0.25) is 4.90 Å². The molecule has 188 valence electrons. The zero-order chi connectivity index (χ0) is 24.3. The first-order chi connectivity index (χ1) is 16.3. The summed E-state index contributed by atoms with van der Waals surface area (Å²) in [5.74, 6) is 0.896. The maximum Gasteiger partial charge on any atom is 0.317 e. The molecular weight excluding hydrogens is 452 g/mol. The molecule has 0 atom stereocenters. The number of aryl methyl sites for hydroxylation is 1. The second-order valence-electron chi connectivity index (χ2n) is 9.37. The number of amides is 2. The number of fused-ring (bicyclic) bond motifs is 1. The minimum atomic E-state index is -3.52. The smallest absolute Gasteiger partial charge is 0.317 e. The molecule has 2 aromatic rings. The van der Waals surface area contributed by atoms with Gasteiger partial charge in [0.15, 0.2) is 0 Å². The monoisotopic (exact) mass is 490 g/mol. The van der Waals surface area contributed by atoms with E-state index < -0.39 is 10.0 Å². The summed E-state index contributed by atoms with van der Waals surface area (Å²) in [6, 6.07) is 5.59. The molecule has 9 nitrogen and oxygen atoms in total. The molecule has 4 rings (SSSR count). The summed E-state index contributed by atoms with van der Waals surface area (Å²) >= 11 is 0. The van der Waals surface area contributed by atoms with Gasteiger partial charge in [0, 0.05) is 52.4 Å². The van der Waals surface area contributed by atoms with Crippen molar-refractivity contribution in [1.29, 1.82) is 0 Å². The number of rotatable bonds is 7. The first-order valence-electron chi connectivity index (χ1n) is 12.6. The van der Waals surface area contributed by atoms with Crippen molar-refractivity contribution in [3.8, 4) is 0 Å². The molecule has 2 aliphatic rings. The SMILES string of the molecule is CCN(CC)S(=O)(=O)c1ccc2c(c1)nc(CN1CCN(C(=O)NC3CCCCC3)CC1)n2C. The number of hydrogen-bond acceptors (Lipinski definition) is 5. The lowest BCUT2D eigenvalue weighted by molar-refractivity contribution is 0.129. The quantitative estimate of drug-likeness (QED) is 0.645. The average molecular weight is 491 g/mol. The van der Waals surface area contributed by atoms with Gasteiger partial charge >= 0.3 is 6.03 Å². The lowest BCUT2D eigenvalue weighted by Crippen LogP contribution is -2.53. The van der Waals surface area contributed by atoms with Gasteiger partial charge in [-0.15, -0.1) is 0 Å². The topological polar surface area (TPSA) is 90.8 Å². The second kappa shape index (κ2) is 10.6. The van der Waals surface area contributed by atoms with Crippen LogP contribution in [0, 0.1) is 0 Å². The molecule has 1 aliphatic heterocycles. The van der Waals surface area contributed by atoms with E-state index in [0.717, 1.165) is 37.3 Å². The predicted octanol–water partition coefficient (Wildman–Crippen LogP) is 2.76. The van der Waals surface area contributed by atoms with E-state index in [1.165, 1.54) is 23.6 Å². The Kier molecular flexibility index (Phi) is 7.79. The molecule has 0 spiro atoms. The summed E-state index contributed by atoms with van der Waals surface area (Å²) < 4.78 is 29.3. The molecule has 34 heavy (non-hydrogen) atoms. The van der Waals surface area contributed by atoms with E-state index in [9.17, 15) is 13.2 Å². The number of piperazine rings is 1. The number of carbonyl (C=O) groups excluding carboxylic acids is 1. The van der Waals surface area contributed by atoms with Gasteiger partial charge < -0.3 is 14.8 Å². The Morgan fingerprint density at radius 2 is 1.76 bits per heavy atom. The Bertz CT molecular complexity index is 1100. The summed E-state index contributed by atoms with van der Waals surface area (Å²) in [5, 5.41) is 3.21. The molecule has 1 saturated heterocycles. The summed E-state index contributed by atoms with van der Waals surface area (Å²) in [6.45, 7) is 8.23. The molecule has 2 amide bonds. The van der Waals surface area contributed by atoms with Gasteiger partial charge in [0.05, 0.1) is 22.5 Å². The average Bonchev–Trinajstić information content (AvgIpc) is 3.15. The first kappa shape index (κ1) is 24.9. The van der Waals surface area contributed by atoms with Gasteiger partial charge in [-0.05, 0) is 31.0 Å². The highest BCUT2D eigenvalue weighted by Crippen LogP contribution is 2.23. The Balaban J connectivity index is 1.39. The molecular formula is C24H38N6O3S. The predicted molar refractivity (Wildman–Crippen MR) is 133 cm³/mol. The van der Waals surface area contributed by atoms with Crippen molar-refractivity contribution in [3.63, 3.8) is 0 Å². The third-order valence-electron chi connectivity index (χ3n) is 7.25. The van der Waals surface area contributed by atoms with Crippen molar-refractivity contribution < 1.29 is 13.2 Å². The van der Waals surface area contributed by atoms with Crippen LogP contribution >= 0.6 is 0 Å². The van der Waals surface area contributed by atoms with Crippen LogP contribution in [-0.4, -0.2) is 83.4 Å². The molecule has 0 unspecified atom stereocenters. The fourth-order valence-electron chi connectivity index (χ4n) is 5.07. The second-order valence-corrected chi connectivity index (χ2v) is 11.3. The lowest BCUT2D eigenvalue weighted by atomic mass is 9.96. The van der Waals surface area contributed by atoms with Crippen molar-refractivity contribution in [3.05, 3.63) is 24.0 Å². The minimum Gasteiger partial charge on any atom is -0.335 e. The van der Waals surface area contributed by atoms with Crippen LogP contribution in [0.1, 0.15) is 51.8 Å². The Hall–Kier alpha value is -2.17. The van der Waals surface area contributed by atoms with Gasteiger partial charge in [0.1, 0.15) is 5.82 Å². The molecule has 0 radical (unpaired) electrons. The third kappa shape index (κ3) is 5.23. The summed E-state index contributed by atoms with van der Waals surface area (Å²) in [4.78, 5) is 21.9. The summed E-state index contributed by atoms with van der Waals surface area (Å²) in [5.41, 5.74) is 1.61. The van der Waals surface area contributed by atoms with Crippen LogP contribution in [0.4, 0.5) is 4.79 Å². The number of urea groups is 1. The van der Waals surface area contributed by atoms with Crippen LogP contribution in [0.2, 0.25) is 0 Å². The van der Waals surface area contributed by atoms with Crippen molar-refractivity contribution >= 4 is 27.1 Å². The number of benzene rings is 1. The molecule has 1 saturated carbocycles. The fraction of sp³-hybridized carbons (Fsp3) is 0.667. The number of nitrogens with one attached hydrogen (secondary N) is 1. The number of sulfonamides is 1. The molecule has 1 aromatic heterocycles. The fourth-order valence-corrected chi connectivity index (χ4v) is 6.54. The number of aromatic nitrogens is 2. The van der Waals surface area contributed by atoms with Gasteiger partial charge in [-0.2, -0.15) is 4.31 Å². The van der Waals surface area contributed by atoms with E-state index in [1.54, 1.807) is 12.1 Å². The van der Waals surface area contributed by atoms with Gasteiger partial charge in [-0.1, -0.05) is 33.1 Å². The summed E-state index contributed by atoms with van der Waals surface area (Å²) in [7, 11) is -1.55. The molecule has 10 heteroatoms. The van der Waals surface area contributed by atoms with E-state index in [4.69, 9.17) is 4.98 Å². The number of hydrogen-bond donors (Lipinski definition) is 1. The van der Waals surface area contributed by atoms with Crippen LogP contribution in [0.15, 0.2) is 23.1 Å². The Morgan fingerprint density at radius 1 is 1.09 bits per heavy atom. The van der Waals surface area contributed by atoms with Gasteiger partial charge in [0.2, 0.25) is 10.0 Å². The zero-order valence-corrected chi connectivity index (χ0v) is 21.5. The first-order valence-corrected chi connectivity index (χ1v) is 14.0. The molecule has 1 aliphatic carbocycles. The highest BCUT2D eigenvalue weighted by Gasteiger charge is 2.26. The number of nitrogens with zero attached hydrogens (tertiary/aromatic N) is 5.